The Morgan fingerprint density at radius 3 is 2.76 bits per heavy atom. The van der Waals surface area contributed by atoms with Crippen LogP contribution >= 0.6 is 40.1 Å². The van der Waals surface area contributed by atoms with Crippen molar-refractivity contribution in [2.24, 2.45) is 5.10 Å². The van der Waals surface area contributed by atoms with Crippen LogP contribution in [-0.2, 0) is 0 Å². The molecule has 0 radical (unpaired) electrons. The van der Waals surface area contributed by atoms with Crippen LogP contribution in [0.5, 0.6) is 0 Å². The third-order valence-electron chi connectivity index (χ3n) is 3.97. The maximum absolute atomic E-state index is 4.82. The van der Waals surface area contributed by atoms with E-state index < -0.39 is 0 Å². The zero-order chi connectivity index (χ0) is 13.4. The van der Waals surface area contributed by atoms with E-state index in [9.17, 15) is 0 Å². The largest absolute Gasteiger partial charge is 0.212 e. The van der Waals surface area contributed by atoms with Crippen LogP contribution in [-0.4, -0.2) is 26.3 Å². The Hall–Kier alpha value is -0.660. The lowest BCUT2D eigenvalue weighted by molar-refractivity contribution is 0.417. The first kappa shape index (κ1) is 15.2. The molecule has 1 aliphatic carbocycles. The number of hydrogen-bond acceptors (Lipinski definition) is 5. The number of rotatable bonds is 2. The Bertz CT molecular complexity index is 629. The van der Waals surface area contributed by atoms with Crippen LogP contribution in [0.3, 0.4) is 0 Å². The minimum absolute atomic E-state index is 0. The van der Waals surface area contributed by atoms with E-state index in [4.69, 9.17) is 5.10 Å². The Morgan fingerprint density at radius 1 is 1.14 bits per heavy atom. The SMILES string of the molecule is Br.c1csc(C2=Nn3c(nnc3C3CCCCC3)SC2)c1. The quantitative estimate of drug-likeness (QED) is 0.773. The molecular formula is C14H17BrN4S2. The van der Waals surface area contributed by atoms with Gasteiger partial charge in [0.2, 0.25) is 5.16 Å². The minimum Gasteiger partial charge on any atom is -0.191 e. The Labute approximate surface area is 142 Å². The second kappa shape index (κ2) is 6.62. The fraction of sp³-hybridized carbons (Fsp3) is 0.500. The topological polar surface area (TPSA) is 43.1 Å². The average molecular weight is 385 g/mol. The molecule has 4 nitrogen and oxygen atoms in total. The summed E-state index contributed by atoms with van der Waals surface area (Å²) in [5.41, 5.74) is 1.15. The molecule has 4 rings (SSSR count). The second-order valence-electron chi connectivity index (χ2n) is 5.30. The van der Waals surface area contributed by atoms with Gasteiger partial charge in [0.05, 0.1) is 10.6 Å². The number of halogens is 1. The molecule has 0 N–H and O–H groups in total. The Balaban J connectivity index is 0.00000132. The van der Waals surface area contributed by atoms with Gasteiger partial charge in [-0.3, -0.25) is 0 Å². The van der Waals surface area contributed by atoms with E-state index in [2.05, 4.69) is 27.7 Å². The summed E-state index contributed by atoms with van der Waals surface area (Å²) in [6.45, 7) is 0. The van der Waals surface area contributed by atoms with Gasteiger partial charge in [0.15, 0.2) is 5.82 Å². The first-order chi connectivity index (χ1) is 9.92. The van der Waals surface area contributed by atoms with E-state index in [1.807, 2.05) is 4.68 Å². The number of aromatic nitrogens is 3. The van der Waals surface area contributed by atoms with E-state index in [1.165, 1.54) is 37.0 Å². The van der Waals surface area contributed by atoms with Crippen molar-refractivity contribution in [3.05, 3.63) is 28.2 Å². The van der Waals surface area contributed by atoms with Gasteiger partial charge in [-0.25, -0.2) is 0 Å². The summed E-state index contributed by atoms with van der Waals surface area (Å²) in [7, 11) is 0. The van der Waals surface area contributed by atoms with Crippen molar-refractivity contribution in [2.45, 2.75) is 43.2 Å². The molecule has 1 saturated carbocycles. The fourth-order valence-electron chi connectivity index (χ4n) is 2.92. The average Bonchev–Trinajstić information content (AvgIpc) is 3.17. The lowest BCUT2D eigenvalue weighted by Gasteiger charge is -2.21. The summed E-state index contributed by atoms with van der Waals surface area (Å²) in [5, 5.41) is 16.6. The smallest absolute Gasteiger partial charge is 0.191 e. The van der Waals surface area contributed by atoms with Crippen LogP contribution in [0.15, 0.2) is 27.8 Å². The van der Waals surface area contributed by atoms with Crippen molar-refractivity contribution in [1.82, 2.24) is 14.9 Å². The molecule has 1 aliphatic heterocycles. The van der Waals surface area contributed by atoms with Crippen molar-refractivity contribution in [3.8, 4) is 0 Å². The normalized spacial score (nSPS) is 18.8. The highest BCUT2D eigenvalue weighted by Gasteiger charge is 2.26. The van der Waals surface area contributed by atoms with Gasteiger partial charge in [0, 0.05) is 11.7 Å². The predicted molar refractivity (Wildman–Crippen MR) is 93.1 cm³/mol. The molecule has 2 aliphatic rings. The van der Waals surface area contributed by atoms with Gasteiger partial charge in [0.25, 0.3) is 0 Å². The molecule has 1 fully saturated rings. The van der Waals surface area contributed by atoms with Gasteiger partial charge in [-0.15, -0.1) is 38.5 Å². The van der Waals surface area contributed by atoms with Crippen molar-refractivity contribution >= 4 is 45.8 Å². The highest BCUT2D eigenvalue weighted by atomic mass is 79.9. The summed E-state index contributed by atoms with van der Waals surface area (Å²) >= 11 is 3.49. The second-order valence-corrected chi connectivity index (χ2v) is 7.19. The molecule has 0 aromatic carbocycles. The van der Waals surface area contributed by atoms with E-state index in [-0.39, 0.29) is 17.0 Å². The van der Waals surface area contributed by atoms with Gasteiger partial charge in [-0.1, -0.05) is 37.1 Å². The highest BCUT2D eigenvalue weighted by Crippen LogP contribution is 2.34. The maximum atomic E-state index is 4.82. The van der Waals surface area contributed by atoms with Crippen molar-refractivity contribution in [1.29, 1.82) is 0 Å². The molecule has 112 valence electrons. The van der Waals surface area contributed by atoms with Gasteiger partial charge < -0.3 is 0 Å². The van der Waals surface area contributed by atoms with Crippen molar-refractivity contribution in [2.75, 3.05) is 5.75 Å². The van der Waals surface area contributed by atoms with Crippen LogP contribution in [0, 0.1) is 0 Å². The molecule has 21 heavy (non-hydrogen) atoms. The lowest BCUT2D eigenvalue weighted by atomic mass is 9.89. The molecule has 0 atom stereocenters. The molecule has 0 saturated heterocycles. The van der Waals surface area contributed by atoms with E-state index >= 15 is 0 Å². The molecular weight excluding hydrogens is 368 g/mol. The molecule has 0 amide bonds. The first-order valence-corrected chi connectivity index (χ1v) is 8.98. The molecule has 0 unspecified atom stereocenters. The summed E-state index contributed by atoms with van der Waals surface area (Å²) < 4.78 is 2.00. The number of thiophene rings is 1. The lowest BCUT2D eigenvalue weighted by Crippen LogP contribution is -2.16. The summed E-state index contributed by atoms with van der Waals surface area (Å²) in [6, 6.07) is 4.22. The van der Waals surface area contributed by atoms with Crippen LogP contribution in [0.2, 0.25) is 0 Å². The third kappa shape index (κ3) is 2.96. The number of fused-ring (bicyclic) bond motifs is 1. The molecule has 0 bridgehead atoms. The van der Waals surface area contributed by atoms with Crippen molar-refractivity contribution < 1.29 is 0 Å². The zero-order valence-corrected chi connectivity index (χ0v) is 14.9. The van der Waals surface area contributed by atoms with Gasteiger partial charge in [0.1, 0.15) is 0 Å². The van der Waals surface area contributed by atoms with E-state index in [0.717, 1.165) is 22.4 Å². The maximum Gasteiger partial charge on any atom is 0.212 e. The fourth-order valence-corrected chi connectivity index (χ4v) is 4.56. The third-order valence-corrected chi connectivity index (χ3v) is 5.82. The van der Waals surface area contributed by atoms with Crippen molar-refractivity contribution in [3.63, 3.8) is 0 Å². The Kier molecular flexibility index (Phi) is 4.81. The van der Waals surface area contributed by atoms with Gasteiger partial charge in [-0.2, -0.15) is 9.78 Å². The van der Waals surface area contributed by atoms with Crippen LogP contribution in [0.1, 0.15) is 48.7 Å². The summed E-state index contributed by atoms with van der Waals surface area (Å²) in [4.78, 5) is 1.26. The van der Waals surface area contributed by atoms with Gasteiger partial charge >= 0.3 is 0 Å². The van der Waals surface area contributed by atoms with E-state index in [0.29, 0.717) is 5.92 Å². The van der Waals surface area contributed by atoms with Crippen LogP contribution in [0.4, 0.5) is 0 Å². The first-order valence-electron chi connectivity index (χ1n) is 7.11. The summed E-state index contributed by atoms with van der Waals surface area (Å²) in [5.74, 6) is 2.50. The zero-order valence-electron chi connectivity index (χ0n) is 11.6. The molecule has 0 spiro atoms. The number of hydrogen-bond donors (Lipinski definition) is 0. The Morgan fingerprint density at radius 2 is 2.00 bits per heavy atom. The standard InChI is InChI=1S/C14H16N4S2.BrH/c1-2-5-10(6-3-1)13-15-16-14-18(13)17-11(9-20-14)12-7-4-8-19-12;/h4,7-8,10H,1-3,5-6,9H2;1H. The van der Waals surface area contributed by atoms with Crippen LogP contribution < -0.4 is 0 Å². The monoisotopic (exact) mass is 384 g/mol. The summed E-state index contributed by atoms with van der Waals surface area (Å²) in [6.07, 6.45) is 6.43. The van der Waals surface area contributed by atoms with E-state index in [1.54, 1.807) is 23.1 Å². The predicted octanol–water partition coefficient (Wildman–Crippen LogP) is 4.32. The number of nitrogens with zero attached hydrogens (tertiary/aromatic N) is 4. The molecule has 2 aromatic rings. The van der Waals surface area contributed by atoms with Crippen LogP contribution in [0.25, 0.3) is 0 Å². The molecule has 7 heteroatoms. The number of thioether (sulfide) groups is 1. The highest BCUT2D eigenvalue weighted by molar-refractivity contribution is 8.93. The molecule has 3 heterocycles. The minimum atomic E-state index is 0. The van der Waals surface area contributed by atoms with Gasteiger partial charge in [-0.05, 0) is 24.3 Å². The molecule has 2 aromatic heterocycles.